The molecule has 0 aliphatic heterocycles. The summed E-state index contributed by atoms with van der Waals surface area (Å²) < 4.78 is 31.4. The Morgan fingerprint density at radius 1 is 1.38 bits per heavy atom. The van der Waals surface area contributed by atoms with E-state index in [2.05, 4.69) is 14.8 Å². The highest BCUT2D eigenvalue weighted by Crippen LogP contribution is 2.27. The summed E-state index contributed by atoms with van der Waals surface area (Å²) in [4.78, 5) is 22.8. The van der Waals surface area contributed by atoms with Crippen LogP contribution in [0.5, 0.6) is 0 Å². The van der Waals surface area contributed by atoms with E-state index in [9.17, 15) is 18.0 Å². The lowest BCUT2D eigenvalue weighted by atomic mass is 10.3. The van der Waals surface area contributed by atoms with Crippen LogP contribution in [-0.4, -0.2) is 40.5 Å². The van der Waals surface area contributed by atoms with Gasteiger partial charge in [-0.3, -0.25) is 4.79 Å². The number of carbonyl (C=O) groups is 2. The van der Waals surface area contributed by atoms with E-state index in [0.717, 1.165) is 11.3 Å². The molecule has 1 amide bonds. The van der Waals surface area contributed by atoms with Crippen molar-refractivity contribution in [3.05, 3.63) is 15.8 Å². The summed E-state index contributed by atoms with van der Waals surface area (Å²) in [7, 11) is -2.67. The number of rotatable bonds is 7. The van der Waals surface area contributed by atoms with Gasteiger partial charge in [0, 0.05) is 19.5 Å². The number of thiophene rings is 1. The average Bonchev–Trinajstić information content (AvgIpc) is 2.80. The number of hydrogen-bond acceptors (Lipinski definition) is 6. The van der Waals surface area contributed by atoms with Crippen molar-refractivity contribution < 1.29 is 22.7 Å². The van der Waals surface area contributed by atoms with Gasteiger partial charge in [0.25, 0.3) is 0 Å². The first-order valence-corrected chi connectivity index (χ1v) is 8.62. The van der Waals surface area contributed by atoms with Crippen molar-refractivity contribution in [3.8, 4) is 0 Å². The van der Waals surface area contributed by atoms with E-state index in [1.54, 1.807) is 19.2 Å². The molecule has 0 atom stereocenters. The third kappa shape index (κ3) is 4.51. The number of nitrogens with one attached hydrogen (secondary N) is 2. The number of sulfonamides is 1. The molecule has 9 heteroatoms. The third-order valence-corrected chi connectivity index (χ3v) is 5.43. The van der Waals surface area contributed by atoms with Gasteiger partial charge in [0.2, 0.25) is 15.9 Å². The van der Waals surface area contributed by atoms with Gasteiger partial charge in [0.15, 0.2) is 0 Å². The lowest BCUT2D eigenvalue weighted by molar-refractivity contribution is -0.120. The molecule has 0 fully saturated rings. The van der Waals surface area contributed by atoms with Crippen LogP contribution in [0.2, 0.25) is 0 Å². The number of esters is 1. The van der Waals surface area contributed by atoms with E-state index in [1.807, 2.05) is 0 Å². The van der Waals surface area contributed by atoms with Crippen molar-refractivity contribution in [2.45, 2.75) is 25.2 Å². The van der Waals surface area contributed by atoms with Crippen molar-refractivity contribution in [2.75, 3.05) is 20.2 Å². The normalized spacial score (nSPS) is 11.2. The fourth-order valence-electron chi connectivity index (χ4n) is 1.66. The minimum atomic E-state index is -3.86. The van der Waals surface area contributed by atoms with Crippen molar-refractivity contribution in [2.24, 2.45) is 0 Å². The summed E-state index contributed by atoms with van der Waals surface area (Å²) in [5, 5.41) is 4.14. The third-order valence-electron chi connectivity index (χ3n) is 2.58. The minimum Gasteiger partial charge on any atom is -0.465 e. The van der Waals surface area contributed by atoms with E-state index < -0.39 is 16.0 Å². The molecule has 7 nitrogen and oxygen atoms in total. The predicted molar refractivity (Wildman–Crippen MR) is 78.9 cm³/mol. The Balaban J connectivity index is 2.86. The molecule has 1 heterocycles. The molecule has 118 valence electrons. The van der Waals surface area contributed by atoms with Crippen LogP contribution in [0.15, 0.2) is 10.3 Å². The van der Waals surface area contributed by atoms with Crippen LogP contribution < -0.4 is 10.0 Å². The van der Waals surface area contributed by atoms with Gasteiger partial charge < -0.3 is 10.1 Å². The van der Waals surface area contributed by atoms with Crippen LogP contribution in [0, 0.1) is 6.92 Å². The molecule has 1 aromatic rings. The summed E-state index contributed by atoms with van der Waals surface area (Å²) in [5.74, 6) is -0.937. The summed E-state index contributed by atoms with van der Waals surface area (Å²) in [6, 6.07) is 0. The summed E-state index contributed by atoms with van der Waals surface area (Å²) in [5.41, 5.74) is 0.464. The number of amides is 1. The molecule has 0 aromatic carbocycles. The molecule has 0 bridgehead atoms. The van der Waals surface area contributed by atoms with Gasteiger partial charge in [0.05, 0.1) is 7.11 Å². The molecule has 0 aliphatic rings. The van der Waals surface area contributed by atoms with Gasteiger partial charge in [0.1, 0.15) is 9.77 Å². The fourth-order valence-corrected chi connectivity index (χ4v) is 4.39. The highest BCUT2D eigenvalue weighted by Gasteiger charge is 2.27. The van der Waals surface area contributed by atoms with Crippen LogP contribution in [0.25, 0.3) is 0 Å². The lowest BCUT2D eigenvalue weighted by Gasteiger charge is -2.08. The minimum absolute atomic E-state index is 0.0282. The second-order valence-electron chi connectivity index (χ2n) is 4.17. The Kier molecular flexibility index (Phi) is 6.31. The molecular formula is C12H18N2O5S2. The van der Waals surface area contributed by atoms with Crippen LogP contribution in [-0.2, 0) is 19.6 Å². The van der Waals surface area contributed by atoms with Gasteiger partial charge in [-0.05, 0) is 24.8 Å². The quantitative estimate of drug-likeness (QED) is 0.713. The topological polar surface area (TPSA) is 102 Å². The first-order valence-electron chi connectivity index (χ1n) is 6.26. The second-order valence-corrected chi connectivity index (χ2v) is 6.75. The lowest BCUT2D eigenvalue weighted by Crippen LogP contribution is -2.31. The summed E-state index contributed by atoms with van der Waals surface area (Å²) in [6.45, 7) is 3.83. The number of aryl methyl sites for hydroxylation is 1. The highest BCUT2D eigenvalue weighted by atomic mass is 32.2. The van der Waals surface area contributed by atoms with Crippen molar-refractivity contribution in [1.82, 2.24) is 10.0 Å². The maximum atomic E-state index is 12.3. The molecule has 0 saturated heterocycles. The SMILES string of the molecule is CCNC(=O)CCNS(=O)(=O)c1c(C)csc1C(=O)OC. The smallest absolute Gasteiger partial charge is 0.349 e. The molecule has 0 spiro atoms. The summed E-state index contributed by atoms with van der Waals surface area (Å²) >= 11 is 1.01. The van der Waals surface area contributed by atoms with E-state index in [1.165, 1.54) is 7.11 Å². The zero-order valence-corrected chi connectivity index (χ0v) is 13.7. The first-order chi connectivity index (χ1) is 9.83. The molecule has 2 N–H and O–H groups in total. The zero-order valence-electron chi connectivity index (χ0n) is 12.1. The number of hydrogen-bond donors (Lipinski definition) is 2. The molecule has 0 aliphatic carbocycles. The Hall–Kier alpha value is -1.45. The predicted octanol–water partition coefficient (Wildman–Crippen LogP) is 0.648. The highest BCUT2D eigenvalue weighted by molar-refractivity contribution is 7.89. The van der Waals surface area contributed by atoms with E-state index in [4.69, 9.17) is 0 Å². The van der Waals surface area contributed by atoms with Crippen LogP contribution >= 0.6 is 11.3 Å². The Morgan fingerprint density at radius 2 is 2.05 bits per heavy atom. The van der Waals surface area contributed by atoms with Gasteiger partial charge in [-0.25, -0.2) is 17.9 Å². The average molecular weight is 334 g/mol. The van der Waals surface area contributed by atoms with E-state index in [0.29, 0.717) is 12.1 Å². The fraction of sp³-hybridized carbons (Fsp3) is 0.500. The number of ether oxygens (including phenoxy) is 1. The molecule has 1 aromatic heterocycles. The maximum Gasteiger partial charge on any atom is 0.349 e. The van der Waals surface area contributed by atoms with Gasteiger partial charge in [-0.15, -0.1) is 11.3 Å². The van der Waals surface area contributed by atoms with Crippen LogP contribution in [0.4, 0.5) is 0 Å². The molecule has 0 unspecified atom stereocenters. The van der Waals surface area contributed by atoms with Gasteiger partial charge >= 0.3 is 5.97 Å². The van der Waals surface area contributed by atoms with Gasteiger partial charge in [-0.1, -0.05) is 0 Å². The summed E-state index contributed by atoms with van der Waals surface area (Å²) in [6.07, 6.45) is 0.0316. The Morgan fingerprint density at radius 3 is 2.62 bits per heavy atom. The number of carbonyl (C=O) groups excluding carboxylic acids is 2. The molecule has 21 heavy (non-hydrogen) atoms. The molecule has 1 rings (SSSR count). The van der Waals surface area contributed by atoms with Crippen molar-refractivity contribution in [1.29, 1.82) is 0 Å². The second kappa shape index (κ2) is 7.53. The Bertz CT molecular complexity index is 622. The van der Waals surface area contributed by atoms with Gasteiger partial charge in [-0.2, -0.15) is 0 Å². The van der Waals surface area contributed by atoms with Crippen molar-refractivity contribution in [3.63, 3.8) is 0 Å². The van der Waals surface area contributed by atoms with E-state index in [-0.39, 0.29) is 28.6 Å². The number of methoxy groups -OCH3 is 1. The molecular weight excluding hydrogens is 316 g/mol. The Labute approximate surface area is 127 Å². The van der Waals surface area contributed by atoms with Crippen molar-refractivity contribution >= 4 is 33.2 Å². The standard InChI is InChI=1S/C12H18N2O5S2/c1-4-13-9(15)5-6-14-21(17,18)11-8(2)7-20-10(11)12(16)19-3/h7,14H,4-6H2,1-3H3,(H,13,15). The molecule has 0 saturated carbocycles. The maximum absolute atomic E-state index is 12.3. The van der Waals surface area contributed by atoms with Crippen LogP contribution in [0.3, 0.4) is 0 Å². The van der Waals surface area contributed by atoms with Crippen LogP contribution in [0.1, 0.15) is 28.6 Å². The zero-order chi connectivity index (χ0) is 16.0. The molecule has 0 radical (unpaired) electrons. The monoisotopic (exact) mass is 334 g/mol. The largest absolute Gasteiger partial charge is 0.465 e. The van der Waals surface area contributed by atoms with E-state index >= 15 is 0 Å². The first kappa shape index (κ1) is 17.6.